The van der Waals surface area contributed by atoms with Crippen LogP contribution in [-0.2, 0) is 9.47 Å². The summed E-state index contributed by atoms with van der Waals surface area (Å²) in [6.45, 7) is 10.0. The highest BCUT2D eigenvalue weighted by atomic mass is 16.6. The van der Waals surface area contributed by atoms with Crippen molar-refractivity contribution in [2.24, 2.45) is 0 Å². The first kappa shape index (κ1) is 20.1. The van der Waals surface area contributed by atoms with Gasteiger partial charge in [-0.05, 0) is 32.9 Å². The number of likely N-dealkylation sites (N-methyl/N-ethyl adjacent to an activating group) is 1. The molecule has 1 heterocycles. The molecule has 1 aliphatic heterocycles. The van der Waals surface area contributed by atoms with E-state index in [0.29, 0.717) is 5.69 Å². The number of anilines is 1. The number of carbonyl (C=O) groups is 1. The van der Waals surface area contributed by atoms with Crippen molar-refractivity contribution in [1.82, 2.24) is 4.90 Å². The molecule has 0 radical (unpaired) electrons. The first-order valence-corrected chi connectivity index (χ1v) is 8.70. The Kier molecular flexibility index (Phi) is 6.55. The van der Waals surface area contributed by atoms with Crippen molar-refractivity contribution < 1.29 is 19.2 Å². The first-order valence-electron chi connectivity index (χ1n) is 8.70. The molecule has 0 atom stereocenters. The summed E-state index contributed by atoms with van der Waals surface area (Å²) in [6, 6.07) is 4.61. The Morgan fingerprint density at radius 3 is 2.58 bits per heavy atom. The molecule has 0 spiro atoms. The summed E-state index contributed by atoms with van der Waals surface area (Å²) in [5, 5.41) is 11.4. The highest BCUT2D eigenvalue weighted by Crippen LogP contribution is 2.27. The molecule has 26 heavy (non-hydrogen) atoms. The van der Waals surface area contributed by atoms with Crippen molar-refractivity contribution in [3.63, 3.8) is 0 Å². The van der Waals surface area contributed by atoms with Crippen molar-refractivity contribution in [3.8, 4) is 0 Å². The third kappa shape index (κ3) is 5.67. The molecule has 0 aliphatic carbocycles. The number of nitro benzene ring substituents is 1. The van der Waals surface area contributed by atoms with Gasteiger partial charge in [-0.3, -0.25) is 15.0 Å². The normalized spacial score (nSPS) is 15.5. The predicted octanol–water partition coefficient (Wildman–Crippen LogP) is 2.32. The molecule has 0 saturated carbocycles. The van der Waals surface area contributed by atoms with Gasteiger partial charge in [0.1, 0.15) is 11.2 Å². The van der Waals surface area contributed by atoms with Crippen LogP contribution in [0.4, 0.5) is 11.4 Å². The Balaban J connectivity index is 2.11. The van der Waals surface area contributed by atoms with Crippen LogP contribution in [0.15, 0.2) is 18.2 Å². The summed E-state index contributed by atoms with van der Waals surface area (Å²) in [5.74, 6) is -0.688. The second-order valence-corrected chi connectivity index (χ2v) is 7.34. The van der Waals surface area contributed by atoms with Gasteiger partial charge in [0, 0.05) is 45.0 Å². The van der Waals surface area contributed by atoms with Crippen LogP contribution in [0.5, 0.6) is 0 Å². The van der Waals surface area contributed by atoms with Gasteiger partial charge < -0.3 is 14.4 Å². The van der Waals surface area contributed by atoms with Crippen LogP contribution in [0.3, 0.4) is 0 Å². The van der Waals surface area contributed by atoms with Gasteiger partial charge in [-0.2, -0.15) is 0 Å². The molecule has 1 aromatic carbocycles. The molecule has 1 fully saturated rings. The van der Waals surface area contributed by atoms with Gasteiger partial charge in [-0.15, -0.1) is 0 Å². The van der Waals surface area contributed by atoms with Crippen LogP contribution < -0.4 is 4.90 Å². The topological polar surface area (TPSA) is 85.2 Å². The summed E-state index contributed by atoms with van der Waals surface area (Å²) >= 11 is 0. The fraction of sp³-hybridized carbons (Fsp3) is 0.611. The lowest BCUT2D eigenvalue weighted by Crippen LogP contribution is -2.40. The number of esters is 1. The fourth-order valence-electron chi connectivity index (χ4n) is 2.66. The molecule has 2 rings (SSSR count). The second kappa shape index (κ2) is 8.46. The average molecular weight is 365 g/mol. The molecule has 0 aromatic heterocycles. The molecule has 0 bridgehead atoms. The molecule has 0 amide bonds. The lowest BCUT2D eigenvalue weighted by Gasteiger charge is -2.29. The van der Waals surface area contributed by atoms with Gasteiger partial charge in [-0.25, -0.2) is 4.79 Å². The maximum atomic E-state index is 12.2. The van der Waals surface area contributed by atoms with Gasteiger partial charge in [0.15, 0.2) is 0 Å². The van der Waals surface area contributed by atoms with Gasteiger partial charge in [-0.1, -0.05) is 0 Å². The number of rotatable bonds is 6. The van der Waals surface area contributed by atoms with E-state index in [1.54, 1.807) is 26.8 Å². The van der Waals surface area contributed by atoms with Gasteiger partial charge in [0.05, 0.1) is 18.1 Å². The molecule has 1 saturated heterocycles. The first-order chi connectivity index (χ1) is 12.2. The van der Waals surface area contributed by atoms with Crippen molar-refractivity contribution in [2.45, 2.75) is 26.4 Å². The molecule has 0 unspecified atom stereocenters. The maximum absolute atomic E-state index is 12.2. The smallest absolute Gasteiger partial charge is 0.345 e. The highest BCUT2D eigenvalue weighted by molar-refractivity contribution is 5.94. The lowest BCUT2D eigenvalue weighted by atomic mass is 10.1. The Labute approximate surface area is 153 Å². The van der Waals surface area contributed by atoms with E-state index in [1.165, 1.54) is 12.1 Å². The summed E-state index contributed by atoms with van der Waals surface area (Å²) in [7, 11) is 1.88. The highest BCUT2D eigenvalue weighted by Gasteiger charge is 2.26. The number of morpholine rings is 1. The summed E-state index contributed by atoms with van der Waals surface area (Å²) in [6.07, 6.45) is 0. The third-order valence-corrected chi connectivity index (χ3v) is 4.09. The number of ether oxygens (including phenoxy) is 2. The van der Waals surface area contributed by atoms with Crippen molar-refractivity contribution in [2.75, 3.05) is 51.3 Å². The number of hydrogen-bond donors (Lipinski definition) is 0. The van der Waals surface area contributed by atoms with Gasteiger partial charge in [0.25, 0.3) is 5.69 Å². The minimum atomic E-state index is -0.710. The standard InChI is InChI=1S/C18H27N3O5/c1-18(2,3)26-17(22)15-6-5-14(13-16(15)21(23)24)19(4)7-8-20-9-11-25-12-10-20/h5-6,13H,7-12H2,1-4H3. The molecular weight excluding hydrogens is 338 g/mol. The minimum Gasteiger partial charge on any atom is -0.456 e. The van der Waals surface area contributed by atoms with E-state index < -0.39 is 16.5 Å². The molecule has 0 N–H and O–H groups in total. The van der Waals surface area contributed by atoms with Crippen molar-refractivity contribution >= 4 is 17.3 Å². The van der Waals surface area contributed by atoms with Crippen molar-refractivity contribution in [3.05, 3.63) is 33.9 Å². The van der Waals surface area contributed by atoms with Crippen molar-refractivity contribution in [1.29, 1.82) is 0 Å². The predicted molar refractivity (Wildman–Crippen MR) is 98.8 cm³/mol. The number of nitro groups is 1. The zero-order chi connectivity index (χ0) is 19.3. The van der Waals surface area contributed by atoms with Gasteiger partial charge >= 0.3 is 5.97 Å². The molecular formula is C18H27N3O5. The van der Waals surface area contributed by atoms with E-state index in [-0.39, 0.29) is 11.3 Å². The minimum absolute atomic E-state index is 0.0322. The van der Waals surface area contributed by atoms with E-state index in [4.69, 9.17) is 9.47 Å². The van der Waals surface area contributed by atoms with Crippen LogP contribution in [0, 0.1) is 10.1 Å². The summed E-state index contributed by atoms with van der Waals surface area (Å²) < 4.78 is 10.6. The van der Waals surface area contributed by atoms with E-state index in [0.717, 1.165) is 39.4 Å². The quantitative estimate of drug-likeness (QED) is 0.434. The van der Waals surface area contributed by atoms with Crippen LogP contribution in [0.25, 0.3) is 0 Å². The zero-order valence-electron chi connectivity index (χ0n) is 15.9. The van der Waals surface area contributed by atoms with Crippen LogP contribution in [0.2, 0.25) is 0 Å². The van der Waals surface area contributed by atoms with E-state index in [9.17, 15) is 14.9 Å². The lowest BCUT2D eigenvalue weighted by molar-refractivity contribution is -0.385. The van der Waals surface area contributed by atoms with E-state index in [1.807, 2.05) is 11.9 Å². The van der Waals surface area contributed by atoms with Gasteiger partial charge in [0.2, 0.25) is 0 Å². The molecule has 8 heteroatoms. The largest absolute Gasteiger partial charge is 0.456 e. The Bertz CT molecular complexity index is 651. The average Bonchev–Trinajstić information content (AvgIpc) is 2.58. The van der Waals surface area contributed by atoms with Crippen LogP contribution in [0.1, 0.15) is 31.1 Å². The maximum Gasteiger partial charge on any atom is 0.345 e. The molecule has 1 aromatic rings. The molecule has 1 aliphatic rings. The van der Waals surface area contributed by atoms with E-state index >= 15 is 0 Å². The van der Waals surface area contributed by atoms with E-state index in [2.05, 4.69) is 4.90 Å². The summed E-state index contributed by atoms with van der Waals surface area (Å²) in [5.41, 5.74) is -0.291. The number of benzene rings is 1. The summed E-state index contributed by atoms with van der Waals surface area (Å²) in [4.78, 5) is 27.4. The molecule has 144 valence electrons. The Hall–Kier alpha value is -2.19. The second-order valence-electron chi connectivity index (χ2n) is 7.34. The third-order valence-electron chi connectivity index (χ3n) is 4.09. The number of nitrogens with zero attached hydrogens (tertiary/aromatic N) is 3. The number of carbonyl (C=O) groups excluding carboxylic acids is 1. The fourth-order valence-corrected chi connectivity index (χ4v) is 2.66. The monoisotopic (exact) mass is 365 g/mol. The van der Waals surface area contributed by atoms with Crippen LogP contribution in [-0.4, -0.2) is 67.8 Å². The number of hydrogen-bond acceptors (Lipinski definition) is 7. The SMILES string of the molecule is CN(CCN1CCOCC1)c1ccc(C(=O)OC(C)(C)C)c([N+](=O)[O-])c1. The molecule has 8 nitrogen and oxygen atoms in total. The Morgan fingerprint density at radius 1 is 1.35 bits per heavy atom. The zero-order valence-corrected chi connectivity index (χ0v) is 15.9. The Morgan fingerprint density at radius 2 is 2.00 bits per heavy atom. The van der Waals surface area contributed by atoms with Crippen LogP contribution >= 0.6 is 0 Å².